The minimum atomic E-state index is -3.93. The van der Waals surface area contributed by atoms with E-state index in [-0.39, 0.29) is 35.6 Å². The van der Waals surface area contributed by atoms with Crippen LogP contribution in [0.4, 0.5) is 0 Å². The normalized spacial score (nSPS) is 11.1. The quantitative estimate of drug-likeness (QED) is 0.504. The van der Waals surface area contributed by atoms with Gasteiger partial charge in [-0.3, -0.25) is 9.59 Å². The molecule has 0 aliphatic carbocycles. The molecule has 0 spiro atoms. The Labute approximate surface area is 152 Å². The lowest BCUT2D eigenvalue weighted by Crippen LogP contribution is -2.43. The van der Waals surface area contributed by atoms with Gasteiger partial charge in [-0.15, -0.1) is 0 Å². The van der Waals surface area contributed by atoms with Crippen LogP contribution >= 0.6 is 0 Å². The zero-order chi connectivity index (χ0) is 19.7. The van der Waals surface area contributed by atoms with Crippen molar-refractivity contribution in [2.24, 2.45) is 0 Å². The van der Waals surface area contributed by atoms with Gasteiger partial charge in [0, 0.05) is 6.04 Å². The number of hydrogen-bond donors (Lipinski definition) is 3. The first kappa shape index (κ1) is 21.6. The van der Waals surface area contributed by atoms with Gasteiger partial charge in [-0.1, -0.05) is 0 Å². The van der Waals surface area contributed by atoms with Gasteiger partial charge >= 0.3 is 5.97 Å². The molecule has 144 valence electrons. The second-order valence-corrected chi connectivity index (χ2v) is 7.34. The Morgan fingerprint density at radius 2 is 1.65 bits per heavy atom. The molecule has 9 nitrogen and oxygen atoms in total. The molecule has 0 atom stereocenters. The zero-order valence-electron chi connectivity index (χ0n) is 14.9. The Balaban J connectivity index is 2.57. The van der Waals surface area contributed by atoms with Crippen molar-refractivity contribution in [3.8, 4) is 0 Å². The van der Waals surface area contributed by atoms with Crippen LogP contribution < -0.4 is 15.4 Å². The third kappa shape index (κ3) is 7.19. The fraction of sp³-hybridized carbons (Fsp3) is 0.438. The summed E-state index contributed by atoms with van der Waals surface area (Å²) in [5.41, 5.74) is 0.222. The molecule has 0 aliphatic rings. The maximum Gasteiger partial charge on any atom is 0.338 e. The molecule has 0 fully saturated rings. The van der Waals surface area contributed by atoms with Crippen molar-refractivity contribution >= 4 is 27.8 Å². The van der Waals surface area contributed by atoms with Crippen molar-refractivity contribution in [1.29, 1.82) is 0 Å². The molecule has 2 amide bonds. The molecule has 0 bridgehead atoms. The largest absolute Gasteiger partial charge is 0.462 e. The van der Waals surface area contributed by atoms with E-state index >= 15 is 0 Å². The van der Waals surface area contributed by atoms with E-state index in [4.69, 9.17) is 4.74 Å². The smallest absolute Gasteiger partial charge is 0.338 e. The van der Waals surface area contributed by atoms with Gasteiger partial charge in [0.25, 0.3) is 0 Å². The molecule has 3 N–H and O–H groups in total. The monoisotopic (exact) mass is 385 g/mol. The standard InChI is InChI=1S/C16H23N3O6S/c1-4-25-16(22)12-5-7-13(8-6-12)26(23,24)18-10-14(20)17-9-15(21)19-11(2)3/h5-8,11,18H,4,9-10H2,1-3H3,(H,17,20)(H,19,21). The number of sulfonamides is 1. The fourth-order valence-electron chi connectivity index (χ4n) is 1.84. The number of carbonyl (C=O) groups excluding carboxylic acids is 3. The molecule has 0 aromatic heterocycles. The van der Waals surface area contributed by atoms with Crippen LogP contribution in [0.2, 0.25) is 0 Å². The van der Waals surface area contributed by atoms with Crippen LogP contribution in [0.15, 0.2) is 29.2 Å². The summed E-state index contributed by atoms with van der Waals surface area (Å²) in [6.45, 7) is 4.68. The van der Waals surface area contributed by atoms with Crippen LogP contribution in [0.3, 0.4) is 0 Å². The lowest BCUT2D eigenvalue weighted by atomic mass is 10.2. The van der Waals surface area contributed by atoms with Crippen molar-refractivity contribution in [1.82, 2.24) is 15.4 Å². The average molecular weight is 385 g/mol. The lowest BCUT2D eigenvalue weighted by Gasteiger charge is -2.10. The first-order valence-electron chi connectivity index (χ1n) is 7.98. The first-order valence-corrected chi connectivity index (χ1v) is 9.47. The molecule has 10 heteroatoms. The summed E-state index contributed by atoms with van der Waals surface area (Å²) in [5.74, 6) is -1.56. The van der Waals surface area contributed by atoms with Crippen molar-refractivity contribution in [2.75, 3.05) is 19.7 Å². The van der Waals surface area contributed by atoms with Gasteiger partial charge in [0.15, 0.2) is 0 Å². The molecule has 0 aliphatic heterocycles. The van der Waals surface area contributed by atoms with Crippen molar-refractivity contribution < 1.29 is 27.5 Å². The van der Waals surface area contributed by atoms with Crippen LogP contribution in [-0.2, 0) is 24.3 Å². The van der Waals surface area contributed by atoms with Gasteiger partial charge in [0.05, 0.1) is 30.2 Å². The van der Waals surface area contributed by atoms with E-state index in [0.717, 1.165) is 0 Å². The summed E-state index contributed by atoms with van der Waals surface area (Å²) in [6.07, 6.45) is 0. The van der Waals surface area contributed by atoms with Gasteiger partial charge in [0.1, 0.15) is 0 Å². The molecular formula is C16H23N3O6S. The number of ether oxygens (including phenoxy) is 1. The van der Waals surface area contributed by atoms with Crippen LogP contribution in [0.25, 0.3) is 0 Å². The maximum absolute atomic E-state index is 12.1. The lowest BCUT2D eigenvalue weighted by molar-refractivity contribution is -0.125. The van der Waals surface area contributed by atoms with Gasteiger partial charge in [-0.25, -0.2) is 17.9 Å². The van der Waals surface area contributed by atoms with Crippen molar-refractivity contribution in [3.05, 3.63) is 29.8 Å². The second-order valence-electron chi connectivity index (χ2n) is 5.57. The highest BCUT2D eigenvalue weighted by Gasteiger charge is 2.17. The minimum absolute atomic E-state index is 0.0597. The molecule has 0 saturated heterocycles. The van der Waals surface area contributed by atoms with E-state index in [1.54, 1.807) is 20.8 Å². The topological polar surface area (TPSA) is 131 Å². The third-order valence-corrected chi connectivity index (χ3v) is 4.41. The van der Waals surface area contributed by atoms with Crippen molar-refractivity contribution in [2.45, 2.75) is 31.7 Å². The van der Waals surface area contributed by atoms with Crippen LogP contribution in [-0.4, -0.2) is 51.9 Å². The molecule has 1 rings (SSSR count). The molecule has 0 saturated carbocycles. The van der Waals surface area contributed by atoms with Crippen LogP contribution in [0.5, 0.6) is 0 Å². The Hall–Kier alpha value is -2.46. The number of nitrogens with one attached hydrogen (secondary N) is 3. The highest BCUT2D eigenvalue weighted by molar-refractivity contribution is 7.89. The third-order valence-electron chi connectivity index (χ3n) is 2.99. The molecular weight excluding hydrogens is 362 g/mol. The number of hydrogen-bond acceptors (Lipinski definition) is 6. The molecule has 0 unspecified atom stereocenters. The summed E-state index contributed by atoms with van der Waals surface area (Å²) < 4.78 is 31.2. The summed E-state index contributed by atoms with van der Waals surface area (Å²) in [6, 6.07) is 5.06. The molecule has 1 aromatic rings. The Morgan fingerprint density at radius 3 is 2.19 bits per heavy atom. The zero-order valence-corrected chi connectivity index (χ0v) is 15.7. The van der Waals surface area contributed by atoms with E-state index in [1.165, 1.54) is 24.3 Å². The maximum atomic E-state index is 12.1. The number of rotatable bonds is 9. The SMILES string of the molecule is CCOC(=O)c1ccc(S(=O)(=O)NCC(=O)NCC(=O)NC(C)C)cc1. The van der Waals surface area contributed by atoms with Crippen molar-refractivity contribution in [3.63, 3.8) is 0 Å². The van der Waals surface area contributed by atoms with Gasteiger partial charge in [0.2, 0.25) is 21.8 Å². The van der Waals surface area contributed by atoms with E-state index < -0.39 is 28.4 Å². The van der Waals surface area contributed by atoms with E-state index in [2.05, 4.69) is 15.4 Å². The van der Waals surface area contributed by atoms with Gasteiger partial charge in [-0.05, 0) is 45.0 Å². The summed E-state index contributed by atoms with van der Waals surface area (Å²) >= 11 is 0. The predicted molar refractivity (Wildman–Crippen MR) is 93.9 cm³/mol. The van der Waals surface area contributed by atoms with E-state index in [9.17, 15) is 22.8 Å². The average Bonchev–Trinajstić information content (AvgIpc) is 2.58. The predicted octanol–water partition coefficient (Wildman–Crippen LogP) is -0.218. The number of esters is 1. The number of carbonyl (C=O) groups is 3. The van der Waals surface area contributed by atoms with Gasteiger partial charge in [-0.2, -0.15) is 0 Å². The summed E-state index contributed by atoms with van der Waals surface area (Å²) in [4.78, 5) is 34.5. The van der Waals surface area contributed by atoms with E-state index in [1.807, 2.05) is 0 Å². The Bertz CT molecular complexity index is 744. The van der Waals surface area contributed by atoms with Crippen LogP contribution in [0.1, 0.15) is 31.1 Å². The fourth-order valence-corrected chi connectivity index (χ4v) is 2.83. The summed E-state index contributed by atoms with van der Waals surface area (Å²) in [7, 11) is -3.93. The Kier molecular flexibility index (Phi) is 8.20. The molecule has 0 heterocycles. The molecule has 0 radical (unpaired) electrons. The molecule has 1 aromatic carbocycles. The minimum Gasteiger partial charge on any atom is -0.462 e. The van der Waals surface area contributed by atoms with E-state index in [0.29, 0.717) is 0 Å². The number of amides is 2. The molecule has 26 heavy (non-hydrogen) atoms. The van der Waals surface area contributed by atoms with Gasteiger partial charge < -0.3 is 15.4 Å². The summed E-state index contributed by atoms with van der Waals surface area (Å²) in [5, 5.41) is 4.90. The highest BCUT2D eigenvalue weighted by atomic mass is 32.2. The van der Waals surface area contributed by atoms with Crippen LogP contribution in [0, 0.1) is 0 Å². The Morgan fingerprint density at radius 1 is 1.04 bits per heavy atom. The second kappa shape index (κ2) is 9.88. The first-order chi connectivity index (χ1) is 12.2. The number of benzene rings is 1. The highest BCUT2D eigenvalue weighted by Crippen LogP contribution is 2.11.